The number of hydrogen-bond acceptors (Lipinski definition) is 6. The number of aliphatic carboxylic acids is 1. The van der Waals surface area contributed by atoms with Gasteiger partial charge in [0.2, 0.25) is 17.7 Å². The van der Waals surface area contributed by atoms with Crippen LogP contribution in [0, 0.1) is 17.8 Å². The topological polar surface area (TPSA) is 215 Å². The summed E-state index contributed by atoms with van der Waals surface area (Å²) < 4.78 is 0. The first-order valence-electron chi connectivity index (χ1n) is 11.7. The number of nitrogens with one attached hydrogen (secondary N) is 3. The van der Waals surface area contributed by atoms with Crippen LogP contribution >= 0.6 is 0 Å². The molecule has 0 aromatic carbocycles. The summed E-state index contributed by atoms with van der Waals surface area (Å²) in [7, 11) is 0. The molecule has 12 heteroatoms. The largest absolute Gasteiger partial charge is 0.480 e. The van der Waals surface area contributed by atoms with Crippen LogP contribution in [0.2, 0.25) is 0 Å². The van der Waals surface area contributed by atoms with Crippen molar-refractivity contribution in [2.24, 2.45) is 39.9 Å². The molecular weight excluding hydrogens is 442 g/mol. The van der Waals surface area contributed by atoms with E-state index in [0.717, 1.165) is 0 Å². The van der Waals surface area contributed by atoms with Crippen LogP contribution < -0.4 is 33.2 Å². The van der Waals surface area contributed by atoms with Gasteiger partial charge in [0.1, 0.15) is 18.1 Å². The Kier molecular flexibility index (Phi) is 13.8. The Morgan fingerprint density at radius 3 is 1.82 bits per heavy atom. The summed E-state index contributed by atoms with van der Waals surface area (Å²) >= 11 is 0. The van der Waals surface area contributed by atoms with Crippen molar-refractivity contribution in [3.63, 3.8) is 0 Å². The van der Waals surface area contributed by atoms with E-state index in [9.17, 15) is 24.3 Å². The highest BCUT2D eigenvalue weighted by Gasteiger charge is 2.33. The van der Waals surface area contributed by atoms with Crippen LogP contribution in [-0.4, -0.2) is 65.5 Å². The van der Waals surface area contributed by atoms with Gasteiger partial charge in [-0.15, -0.1) is 0 Å². The van der Waals surface area contributed by atoms with Crippen molar-refractivity contribution >= 4 is 29.7 Å². The minimum absolute atomic E-state index is 0.101. The van der Waals surface area contributed by atoms with Gasteiger partial charge in [-0.1, -0.05) is 48.0 Å². The summed E-state index contributed by atoms with van der Waals surface area (Å²) in [5, 5.41) is 17.3. The van der Waals surface area contributed by atoms with Crippen molar-refractivity contribution < 1.29 is 24.3 Å². The van der Waals surface area contributed by atoms with Gasteiger partial charge in [0.05, 0.1) is 6.04 Å². The maximum Gasteiger partial charge on any atom is 0.326 e. The maximum atomic E-state index is 13.1. The fraction of sp³-hybridized carbons (Fsp3) is 0.773. The first-order valence-corrected chi connectivity index (χ1v) is 11.7. The zero-order chi connectivity index (χ0) is 26.6. The molecule has 0 fully saturated rings. The molecule has 34 heavy (non-hydrogen) atoms. The number of amides is 3. The van der Waals surface area contributed by atoms with Crippen molar-refractivity contribution in [3.8, 4) is 0 Å². The average Bonchev–Trinajstić information content (AvgIpc) is 2.75. The zero-order valence-corrected chi connectivity index (χ0v) is 21.1. The van der Waals surface area contributed by atoms with E-state index in [-0.39, 0.29) is 36.7 Å². The van der Waals surface area contributed by atoms with Gasteiger partial charge in [0.15, 0.2) is 5.96 Å². The molecule has 5 unspecified atom stereocenters. The van der Waals surface area contributed by atoms with Crippen LogP contribution in [-0.2, 0) is 19.2 Å². The molecule has 0 aromatic rings. The first-order chi connectivity index (χ1) is 15.7. The summed E-state index contributed by atoms with van der Waals surface area (Å²) in [5.74, 6) is -3.61. The Labute approximate surface area is 201 Å². The molecule has 0 aliphatic rings. The Balaban J connectivity index is 5.42. The molecule has 0 rings (SSSR count). The van der Waals surface area contributed by atoms with E-state index in [1.807, 2.05) is 13.8 Å². The first kappa shape index (κ1) is 31.1. The molecule has 12 nitrogen and oxygen atoms in total. The lowest BCUT2D eigenvalue weighted by Crippen LogP contribution is -2.60. The monoisotopic (exact) mass is 485 g/mol. The van der Waals surface area contributed by atoms with E-state index in [1.54, 1.807) is 27.7 Å². The molecule has 5 atom stereocenters. The van der Waals surface area contributed by atoms with Gasteiger partial charge in [-0.25, -0.2) is 4.79 Å². The summed E-state index contributed by atoms with van der Waals surface area (Å²) in [6.07, 6.45) is 1.05. The van der Waals surface area contributed by atoms with Crippen molar-refractivity contribution in [3.05, 3.63) is 0 Å². The van der Waals surface area contributed by atoms with Crippen LogP contribution in [0.5, 0.6) is 0 Å². The summed E-state index contributed by atoms with van der Waals surface area (Å²) in [5.41, 5.74) is 16.4. The molecule has 196 valence electrons. The number of nitrogens with zero attached hydrogens (tertiary/aromatic N) is 1. The summed E-state index contributed by atoms with van der Waals surface area (Å²) in [4.78, 5) is 53.9. The van der Waals surface area contributed by atoms with E-state index in [0.29, 0.717) is 12.8 Å². The van der Waals surface area contributed by atoms with E-state index < -0.39 is 47.9 Å². The fourth-order valence-corrected chi connectivity index (χ4v) is 3.05. The third-order valence-electron chi connectivity index (χ3n) is 5.62. The second kappa shape index (κ2) is 15.1. The lowest BCUT2D eigenvalue weighted by atomic mass is 9.95. The SMILES string of the molecule is CCC(C)C(NC(=O)C(N)C(C)C)C(=O)NC(C(=O)NC(CCCN=C(N)N)C(=O)O)C(C)C. The highest BCUT2D eigenvalue weighted by molar-refractivity contribution is 5.94. The van der Waals surface area contributed by atoms with Crippen LogP contribution in [0.3, 0.4) is 0 Å². The van der Waals surface area contributed by atoms with Gasteiger partial charge in [-0.2, -0.15) is 0 Å². The van der Waals surface area contributed by atoms with Gasteiger partial charge in [-0.3, -0.25) is 19.4 Å². The highest BCUT2D eigenvalue weighted by atomic mass is 16.4. The number of carbonyl (C=O) groups is 4. The molecule has 0 bridgehead atoms. The number of carboxylic acids is 1. The van der Waals surface area contributed by atoms with Crippen LogP contribution in [0.1, 0.15) is 60.8 Å². The molecule has 0 heterocycles. The second-order valence-electron chi connectivity index (χ2n) is 9.22. The van der Waals surface area contributed by atoms with Crippen molar-refractivity contribution in [2.45, 2.75) is 85.0 Å². The van der Waals surface area contributed by atoms with E-state index >= 15 is 0 Å². The second-order valence-corrected chi connectivity index (χ2v) is 9.22. The summed E-state index contributed by atoms with van der Waals surface area (Å²) in [6.45, 7) is 11.0. The van der Waals surface area contributed by atoms with Crippen LogP contribution in [0.15, 0.2) is 4.99 Å². The van der Waals surface area contributed by atoms with Crippen molar-refractivity contribution in [2.75, 3.05) is 6.54 Å². The maximum absolute atomic E-state index is 13.1. The molecule has 0 saturated heterocycles. The van der Waals surface area contributed by atoms with Gasteiger partial charge in [-0.05, 0) is 30.6 Å². The number of aliphatic imine (C=N–C) groups is 1. The quantitative estimate of drug-likeness (QED) is 0.0888. The summed E-state index contributed by atoms with van der Waals surface area (Å²) in [6, 6.07) is -3.85. The molecule has 0 aromatic heterocycles. The van der Waals surface area contributed by atoms with Gasteiger partial charge < -0.3 is 38.3 Å². The predicted molar refractivity (Wildman–Crippen MR) is 130 cm³/mol. The number of carboxylic acid groups (broad SMARTS) is 1. The third-order valence-corrected chi connectivity index (χ3v) is 5.62. The molecule has 10 N–H and O–H groups in total. The molecule has 0 aliphatic heterocycles. The molecule has 0 saturated carbocycles. The Bertz CT molecular complexity index is 722. The highest BCUT2D eigenvalue weighted by Crippen LogP contribution is 2.12. The zero-order valence-electron chi connectivity index (χ0n) is 21.1. The number of rotatable bonds is 15. The van der Waals surface area contributed by atoms with E-state index in [2.05, 4.69) is 20.9 Å². The Morgan fingerprint density at radius 2 is 1.38 bits per heavy atom. The predicted octanol–water partition coefficient (Wildman–Crippen LogP) is -0.736. The Morgan fingerprint density at radius 1 is 0.853 bits per heavy atom. The number of guanidine groups is 1. The average molecular weight is 486 g/mol. The number of nitrogens with two attached hydrogens (primary N) is 3. The lowest BCUT2D eigenvalue weighted by Gasteiger charge is -2.29. The smallest absolute Gasteiger partial charge is 0.326 e. The molecule has 0 aliphatic carbocycles. The lowest BCUT2D eigenvalue weighted by molar-refractivity contribution is -0.143. The third kappa shape index (κ3) is 10.8. The molecule has 0 spiro atoms. The number of hydrogen-bond donors (Lipinski definition) is 7. The van der Waals surface area contributed by atoms with Gasteiger partial charge in [0, 0.05) is 6.54 Å². The van der Waals surface area contributed by atoms with Crippen molar-refractivity contribution in [1.29, 1.82) is 0 Å². The normalized spacial score (nSPS) is 15.6. The van der Waals surface area contributed by atoms with Crippen LogP contribution in [0.4, 0.5) is 0 Å². The van der Waals surface area contributed by atoms with Gasteiger partial charge in [0.25, 0.3) is 0 Å². The molecule has 3 amide bonds. The number of carbonyl (C=O) groups excluding carboxylic acids is 3. The fourth-order valence-electron chi connectivity index (χ4n) is 3.05. The minimum Gasteiger partial charge on any atom is -0.480 e. The van der Waals surface area contributed by atoms with Gasteiger partial charge >= 0.3 is 5.97 Å². The van der Waals surface area contributed by atoms with E-state index in [4.69, 9.17) is 17.2 Å². The minimum atomic E-state index is -1.21. The Hall–Kier alpha value is -2.89. The van der Waals surface area contributed by atoms with Crippen molar-refractivity contribution in [1.82, 2.24) is 16.0 Å². The molecular formula is C22H43N7O5. The standard InChI is InChI=1S/C22H43N7O5/c1-7-13(6)17(29-18(30)15(23)11(2)3)20(32)28-16(12(4)5)19(31)27-14(21(33)34)9-8-10-26-22(24)25/h11-17H,7-10,23H2,1-6H3,(H,27,31)(H,28,32)(H,29,30)(H,33,34)(H4,24,25,26). The molecule has 0 radical (unpaired) electrons. The van der Waals surface area contributed by atoms with Crippen LogP contribution in [0.25, 0.3) is 0 Å². The van der Waals surface area contributed by atoms with E-state index in [1.165, 1.54) is 0 Å².